The van der Waals surface area contributed by atoms with E-state index in [0.29, 0.717) is 12.8 Å². The van der Waals surface area contributed by atoms with E-state index in [1.807, 2.05) is 0 Å². The predicted octanol–water partition coefficient (Wildman–Crippen LogP) is 2.35. The quantitative estimate of drug-likeness (QED) is 0.641. The largest absolute Gasteiger partial charge is 0.303 e. The van der Waals surface area contributed by atoms with E-state index in [1.54, 1.807) is 11.8 Å². The van der Waals surface area contributed by atoms with Gasteiger partial charge in [0.25, 0.3) is 0 Å². The zero-order valence-electron chi connectivity index (χ0n) is 6.76. The third-order valence-electron chi connectivity index (χ3n) is 2.30. The summed E-state index contributed by atoms with van der Waals surface area (Å²) in [5.74, 6) is 1.68. The maximum atomic E-state index is 12.1. The van der Waals surface area contributed by atoms with E-state index >= 15 is 0 Å². The van der Waals surface area contributed by atoms with Crippen molar-refractivity contribution in [2.24, 2.45) is 5.41 Å². The molecule has 0 radical (unpaired) electrons. The second-order valence-corrected chi connectivity index (χ2v) is 4.41. The Labute approximate surface area is 74.9 Å². The van der Waals surface area contributed by atoms with E-state index in [9.17, 15) is 13.6 Å². The number of halogens is 2. The number of thioether (sulfide) groups is 1. The number of rotatable bonds is 3. The van der Waals surface area contributed by atoms with Crippen LogP contribution >= 0.6 is 11.8 Å². The predicted molar refractivity (Wildman–Crippen MR) is 45.7 cm³/mol. The van der Waals surface area contributed by atoms with E-state index in [0.717, 1.165) is 17.8 Å². The van der Waals surface area contributed by atoms with Crippen molar-refractivity contribution in [3.8, 4) is 0 Å². The number of alkyl halides is 2. The molecule has 12 heavy (non-hydrogen) atoms. The summed E-state index contributed by atoms with van der Waals surface area (Å²) in [5.41, 5.74) is -0.709. The molecule has 4 heteroatoms. The average molecular weight is 194 g/mol. The normalized spacial score (nSPS) is 22.6. The molecule has 0 aromatic carbocycles. The number of carbonyl (C=O) groups is 1. The van der Waals surface area contributed by atoms with Crippen molar-refractivity contribution < 1.29 is 13.6 Å². The summed E-state index contributed by atoms with van der Waals surface area (Å²) in [7, 11) is 0. The smallest absolute Gasteiger partial charge is 0.239 e. The summed E-state index contributed by atoms with van der Waals surface area (Å²) in [6.07, 6.45) is -0.634. The first-order valence-electron chi connectivity index (χ1n) is 4.01. The maximum Gasteiger partial charge on any atom is 0.239 e. The van der Waals surface area contributed by atoms with Gasteiger partial charge in [-0.25, -0.2) is 8.78 Å². The topological polar surface area (TPSA) is 17.1 Å². The van der Waals surface area contributed by atoms with Gasteiger partial charge in [0.1, 0.15) is 6.29 Å². The highest BCUT2D eigenvalue weighted by molar-refractivity contribution is 7.99. The van der Waals surface area contributed by atoms with E-state index in [4.69, 9.17) is 0 Å². The lowest BCUT2D eigenvalue weighted by molar-refractivity contribution is -0.119. The molecule has 0 unspecified atom stereocenters. The Hall–Kier alpha value is -0.120. The molecule has 0 amide bonds. The van der Waals surface area contributed by atoms with Gasteiger partial charge < -0.3 is 4.79 Å². The van der Waals surface area contributed by atoms with Gasteiger partial charge >= 0.3 is 0 Å². The molecule has 0 aromatic rings. The summed E-state index contributed by atoms with van der Waals surface area (Å²) in [6.45, 7) is 0. The summed E-state index contributed by atoms with van der Waals surface area (Å²) in [5, 5.41) is 0. The summed E-state index contributed by atoms with van der Waals surface area (Å²) < 4.78 is 24.2. The van der Waals surface area contributed by atoms with Gasteiger partial charge in [-0.15, -0.1) is 0 Å². The average Bonchev–Trinajstić information content (AvgIpc) is 2.05. The van der Waals surface area contributed by atoms with Crippen molar-refractivity contribution in [2.75, 3.05) is 11.5 Å². The lowest BCUT2D eigenvalue weighted by Gasteiger charge is -2.31. The highest BCUT2D eigenvalue weighted by Crippen LogP contribution is 2.37. The molecule has 1 heterocycles. The first-order valence-corrected chi connectivity index (χ1v) is 5.16. The highest BCUT2D eigenvalue weighted by Gasteiger charge is 2.34. The first kappa shape index (κ1) is 9.96. The number of hydrogen-bond donors (Lipinski definition) is 0. The maximum absolute atomic E-state index is 12.1. The Morgan fingerprint density at radius 2 is 2.00 bits per heavy atom. The van der Waals surface area contributed by atoms with E-state index in [1.165, 1.54) is 0 Å². The molecule has 0 saturated carbocycles. The minimum atomic E-state index is -2.35. The Bertz CT molecular complexity index is 155. The van der Waals surface area contributed by atoms with Crippen LogP contribution in [0, 0.1) is 5.41 Å². The summed E-state index contributed by atoms with van der Waals surface area (Å²) >= 11 is 1.74. The van der Waals surface area contributed by atoms with Crippen LogP contribution < -0.4 is 0 Å². The molecule has 1 saturated heterocycles. The SMILES string of the molecule is O=CC1(CC(F)F)CCSCC1. The fourth-order valence-corrected chi connectivity index (χ4v) is 2.76. The molecule has 1 rings (SSSR count). The molecular formula is C8H12F2OS. The second kappa shape index (κ2) is 4.21. The van der Waals surface area contributed by atoms with Crippen molar-refractivity contribution in [3.05, 3.63) is 0 Å². The van der Waals surface area contributed by atoms with Gasteiger partial charge in [0.05, 0.1) is 0 Å². The zero-order chi connectivity index (χ0) is 9.03. The Kier molecular flexibility index (Phi) is 3.50. The van der Waals surface area contributed by atoms with Gasteiger partial charge in [-0.2, -0.15) is 11.8 Å². The minimum Gasteiger partial charge on any atom is -0.303 e. The Morgan fingerprint density at radius 3 is 2.42 bits per heavy atom. The van der Waals surface area contributed by atoms with E-state index in [2.05, 4.69) is 0 Å². The molecule has 70 valence electrons. The Balaban J connectivity index is 2.53. The molecule has 0 aromatic heterocycles. The first-order chi connectivity index (χ1) is 5.68. The molecule has 1 aliphatic heterocycles. The molecule has 1 fully saturated rings. The molecule has 0 spiro atoms. The van der Waals surface area contributed by atoms with Crippen molar-refractivity contribution >= 4 is 18.0 Å². The fourth-order valence-electron chi connectivity index (χ4n) is 1.46. The zero-order valence-corrected chi connectivity index (χ0v) is 7.58. The molecular weight excluding hydrogens is 182 g/mol. The van der Waals surface area contributed by atoms with Gasteiger partial charge in [-0.3, -0.25) is 0 Å². The molecule has 0 bridgehead atoms. The van der Waals surface area contributed by atoms with Gasteiger partial charge in [0.15, 0.2) is 0 Å². The Morgan fingerprint density at radius 1 is 1.42 bits per heavy atom. The molecule has 0 N–H and O–H groups in total. The van der Waals surface area contributed by atoms with Crippen molar-refractivity contribution in [2.45, 2.75) is 25.7 Å². The fraction of sp³-hybridized carbons (Fsp3) is 0.875. The van der Waals surface area contributed by atoms with Crippen LogP contribution in [0.25, 0.3) is 0 Å². The third kappa shape index (κ3) is 2.44. The van der Waals surface area contributed by atoms with Crippen LogP contribution in [-0.4, -0.2) is 24.2 Å². The summed E-state index contributed by atoms with van der Waals surface area (Å²) in [6, 6.07) is 0. The molecule has 1 aliphatic rings. The lowest BCUT2D eigenvalue weighted by Crippen LogP contribution is -2.30. The van der Waals surface area contributed by atoms with E-state index in [-0.39, 0.29) is 6.42 Å². The van der Waals surface area contributed by atoms with Gasteiger partial charge in [-0.05, 0) is 24.3 Å². The van der Waals surface area contributed by atoms with Gasteiger partial charge in [-0.1, -0.05) is 0 Å². The highest BCUT2D eigenvalue weighted by atomic mass is 32.2. The van der Waals surface area contributed by atoms with Crippen LogP contribution in [0.3, 0.4) is 0 Å². The van der Waals surface area contributed by atoms with Crippen molar-refractivity contribution in [1.29, 1.82) is 0 Å². The number of hydrogen-bond acceptors (Lipinski definition) is 2. The van der Waals surface area contributed by atoms with Gasteiger partial charge in [0.2, 0.25) is 6.43 Å². The molecule has 0 atom stereocenters. The second-order valence-electron chi connectivity index (χ2n) is 3.19. The van der Waals surface area contributed by atoms with Crippen LogP contribution in [0.1, 0.15) is 19.3 Å². The van der Waals surface area contributed by atoms with Crippen LogP contribution in [0.2, 0.25) is 0 Å². The monoisotopic (exact) mass is 194 g/mol. The van der Waals surface area contributed by atoms with Crippen molar-refractivity contribution in [1.82, 2.24) is 0 Å². The lowest BCUT2D eigenvalue weighted by atomic mass is 9.80. The molecule has 0 aliphatic carbocycles. The standard InChI is InChI=1S/C8H12F2OS/c9-7(10)5-8(6-11)1-3-12-4-2-8/h6-7H,1-5H2. The number of aldehydes is 1. The number of carbonyl (C=O) groups excluding carboxylic acids is 1. The molecule has 1 nitrogen and oxygen atoms in total. The van der Waals surface area contributed by atoms with Crippen molar-refractivity contribution in [3.63, 3.8) is 0 Å². The van der Waals surface area contributed by atoms with Crippen LogP contribution in [0.5, 0.6) is 0 Å². The van der Waals surface area contributed by atoms with Crippen LogP contribution in [0.4, 0.5) is 8.78 Å². The van der Waals surface area contributed by atoms with E-state index < -0.39 is 11.8 Å². The van der Waals surface area contributed by atoms with Crippen LogP contribution in [0.15, 0.2) is 0 Å². The minimum absolute atomic E-state index is 0.253. The third-order valence-corrected chi connectivity index (χ3v) is 3.29. The van der Waals surface area contributed by atoms with Gasteiger partial charge in [0, 0.05) is 11.8 Å². The van der Waals surface area contributed by atoms with Crippen LogP contribution in [-0.2, 0) is 4.79 Å². The summed E-state index contributed by atoms with van der Waals surface area (Å²) in [4.78, 5) is 10.7.